The predicted octanol–water partition coefficient (Wildman–Crippen LogP) is 3.67. The number of rotatable bonds is 4. The van der Waals surface area contributed by atoms with Crippen LogP contribution in [0.4, 0.5) is 4.39 Å². The Labute approximate surface area is 78.9 Å². The predicted molar refractivity (Wildman–Crippen MR) is 52.6 cm³/mol. The third kappa shape index (κ3) is 4.27. The van der Waals surface area contributed by atoms with Crippen molar-refractivity contribution >= 4 is 0 Å². The lowest BCUT2D eigenvalue weighted by Gasteiger charge is -1.96. The average Bonchev–Trinajstić information content (AvgIpc) is 2.16. The summed E-state index contributed by atoms with van der Waals surface area (Å²) in [5.41, 5.74) is 1.15. The first-order valence-corrected chi connectivity index (χ1v) is 4.22. The smallest absolute Gasteiger partial charge is 0.117 e. The van der Waals surface area contributed by atoms with Crippen LogP contribution >= 0.6 is 0 Å². The zero-order valence-corrected chi connectivity index (χ0v) is 8.10. The summed E-state index contributed by atoms with van der Waals surface area (Å²) in [6.45, 7) is 7.16. The summed E-state index contributed by atoms with van der Waals surface area (Å²) >= 11 is 0. The van der Waals surface area contributed by atoms with E-state index in [0.717, 1.165) is 5.57 Å². The Morgan fingerprint density at radius 2 is 2.23 bits per heavy atom. The summed E-state index contributed by atoms with van der Waals surface area (Å²) in [4.78, 5) is 0. The second-order valence-electron chi connectivity index (χ2n) is 2.71. The quantitative estimate of drug-likeness (QED) is 0.477. The average molecular weight is 179 g/mol. The number of hydrogen-bond acceptors (Lipinski definition) is 1. The van der Waals surface area contributed by atoms with Crippen molar-refractivity contribution in [2.75, 3.05) is 0 Å². The van der Waals surface area contributed by atoms with E-state index in [-0.39, 0.29) is 17.8 Å². The summed E-state index contributed by atoms with van der Waals surface area (Å²) in [5.74, 6) is -0.341. The molecule has 0 aromatic carbocycles. The van der Waals surface area contributed by atoms with Gasteiger partial charge >= 0.3 is 0 Å². The molecule has 2 heteroatoms. The molecule has 0 atom stereocenters. The van der Waals surface area contributed by atoms with E-state index in [1.807, 2.05) is 13.0 Å². The monoisotopic (exact) mass is 179 g/mol. The van der Waals surface area contributed by atoms with Crippen molar-refractivity contribution < 1.29 is 4.39 Å². The minimum Gasteiger partial charge on any atom is -0.210 e. The molecule has 0 saturated heterocycles. The molecular formula is C11H14FN. The summed E-state index contributed by atoms with van der Waals surface area (Å²) in [5, 5.41) is 8.53. The molecule has 0 aliphatic carbocycles. The normalized spacial score (nSPS) is 13.2. The van der Waals surface area contributed by atoms with Crippen molar-refractivity contribution in [1.82, 2.24) is 0 Å². The molecule has 0 aromatic heterocycles. The molecule has 0 aliphatic heterocycles. The van der Waals surface area contributed by atoms with E-state index in [2.05, 4.69) is 6.58 Å². The lowest BCUT2D eigenvalue weighted by Crippen LogP contribution is -1.82. The van der Waals surface area contributed by atoms with Crippen LogP contribution in [0.3, 0.4) is 0 Å². The van der Waals surface area contributed by atoms with Gasteiger partial charge in [0.2, 0.25) is 0 Å². The Morgan fingerprint density at radius 1 is 1.62 bits per heavy atom. The largest absolute Gasteiger partial charge is 0.210 e. The molecule has 0 saturated carbocycles. The second-order valence-corrected chi connectivity index (χ2v) is 2.71. The highest BCUT2D eigenvalue weighted by Gasteiger charge is 2.01. The van der Waals surface area contributed by atoms with Gasteiger partial charge in [0.15, 0.2) is 0 Å². The van der Waals surface area contributed by atoms with Gasteiger partial charge in [-0.2, -0.15) is 5.26 Å². The van der Waals surface area contributed by atoms with Crippen LogP contribution in [0, 0.1) is 11.3 Å². The zero-order valence-electron chi connectivity index (χ0n) is 8.10. The van der Waals surface area contributed by atoms with Crippen molar-refractivity contribution in [3.05, 3.63) is 35.7 Å². The fourth-order valence-corrected chi connectivity index (χ4v) is 0.789. The van der Waals surface area contributed by atoms with E-state index in [9.17, 15) is 4.39 Å². The highest BCUT2D eigenvalue weighted by atomic mass is 19.1. The van der Waals surface area contributed by atoms with E-state index in [1.165, 1.54) is 0 Å². The van der Waals surface area contributed by atoms with E-state index >= 15 is 0 Å². The van der Waals surface area contributed by atoms with Crippen molar-refractivity contribution in [2.24, 2.45) is 0 Å². The molecule has 0 amide bonds. The molecule has 0 N–H and O–H groups in total. The fourth-order valence-electron chi connectivity index (χ4n) is 0.789. The molecular weight excluding hydrogens is 165 g/mol. The van der Waals surface area contributed by atoms with Crippen LogP contribution in [-0.4, -0.2) is 0 Å². The lowest BCUT2D eigenvalue weighted by atomic mass is 10.1. The molecule has 1 nitrogen and oxygen atoms in total. The Morgan fingerprint density at radius 3 is 2.62 bits per heavy atom. The first kappa shape index (κ1) is 11.6. The van der Waals surface area contributed by atoms with Crippen LogP contribution in [0.2, 0.25) is 0 Å². The fraction of sp³-hybridized carbons (Fsp3) is 0.364. The van der Waals surface area contributed by atoms with Gasteiger partial charge in [0.25, 0.3) is 0 Å². The summed E-state index contributed by atoms with van der Waals surface area (Å²) in [6, 6.07) is 1.84. The number of nitriles is 1. The molecule has 0 fully saturated rings. The van der Waals surface area contributed by atoms with Crippen LogP contribution in [0.15, 0.2) is 35.7 Å². The van der Waals surface area contributed by atoms with Gasteiger partial charge in [-0.3, -0.25) is 0 Å². The van der Waals surface area contributed by atoms with Gasteiger partial charge in [-0.05, 0) is 13.3 Å². The summed E-state index contributed by atoms with van der Waals surface area (Å²) in [6.07, 6.45) is 4.01. The number of hydrogen-bond donors (Lipinski definition) is 0. The van der Waals surface area contributed by atoms with Crippen LogP contribution in [0.25, 0.3) is 0 Å². The van der Waals surface area contributed by atoms with Crippen LogP contribution < -0.4 is 0 Å². The van der Waals surface area contributed by atoms with Crippen LogP contribution in [-0.2, 0) is 0 Å². The summed E-state index contributed by atoms with van der Waals surface area (Å²) < 4.78 is 13.1. The molecule has 0 heterocycles. The Hall–Kier alpha value is -1.36. The zero-order chi connectivity index (χ0) is 10.3. The molecule has 0 radical (unpaired) electrons. The van der Waals surface area contributed by atoms with Crippen LogP contribution in [0.5, 0.6) is 0 Å². The topological polar surface area (TPSA) is 23.8 Å². The first-order chi connectivity index (χ1) is 6.15. The first-order valence-electron chi connectivity index (χ1n) is 4.22. The standard InChI is InChI=1S/C11H14FN/c1-4-9(3)6-7-11(12)10(5-2)8-13/h4,6H,1,5,7H2,2-3H3/b9-6-,11-10-. The molecule has 0 rings (SSSR count). The maximum absolute atomic E-state index is 13.1. The van der Waals surface area contributed by atoms with Gasteiger partial charge in [0, 0.05) is 6.42 Å². The molecule has 0 aliphatic rings. The van der Waals surface area contributed by atoms with Crippen molar-refractivity contribution in [2.45, 2.75) is 26.7 Å². The van der Waals surface area contributed by atoms with E-state index in [0.29, 0.717) is 6.42 Å². The highest BCUT2D eigenvalue weighted by Crippen LogP contribution is 2.14. The van der Waals surface area contributed by atoms with E-state index < -0.39 is 0 Å². The van der Waals surface area contributed by atoms with Gasteiger partial charge in [-0.1, -0.05) is 31.2 Å². The maximum Gasteiger partial charge on any atom is 0.117 e. The second kappa shape index (κ2) is 6.19. The van der Waals surface area contributed by atoms with Crippen molar-refractivity contribution in [3.8, 4) is 6.07 Å². The van der Waals surface area contributed by atoms with E-state index in [4.69, 9.17) is 5.26 Å². The number of allylic oxidation sites excluding steroid dienone is 5. The maximum atomic E-state index is 13.1. The third-order valence-electron chi connectivity index (χ3n) is 1.74. The van der Waals surface area contributed by atoms with Gasteiger partial charge < -0.3 is 0 Å². The van der Waals surface area contributed by atoms with Gasteiger partial charge in [0.05, 0.1) is 11.6 Å². The van der Waals surface area contributed by atoms with Crippen molar-refractivity contribution in [3.63, 3.8) is 0 Å². The van der Waals surface area contributed by atoms with Gasteiger partial charge in [0.1, 0.15) is 5.83 Å². The Bertz CT molecular complexity index is 279. The molecule has 0 unspecified atom stereocenters. The Balaban J connectivity index is 4.46. The highest BCUT2D eigenvalue weighted by molar-refractivity contribution is 5.26. The van der Waals surface area contributed by atoms with Gasteiger partial charge in [-0.25, -0.2) is 4.39 Å². The molecule has 0 aromatic rings. The van der Waals surface area contributed by atoms with E-state index in [1.54, 1.807) is 19.1 Å². The third-order valence-corrected chi connectivity index (χ3v) is 1.74. The van der Waals surface area contributed by atoms with Crippen molar-refractivity contribution in [1.29, 1.82) is 5.26 Å². The molecule has 0 bridgehead atoms. The molecule has 0 spiro atoms. The minimum atomic E-state index is -0.341. The van der Waals surface area contributed by atoms with Crippen LogP contribution in [0.1, 0.15) is 26.7 Å². The minimum absolute atomic E-state index is 0.189. The SMILES string of the molecule is C=C/C(C)=C\C/C(F)=C(/C#N)CC. The Kier molecular flexibility index (Phi) is 5.54. The number of nitrogens with zero attached hydrogens (tertiary/aromatic N) is 1. The van der Waals surface area contributed by atoms with Gasteiger partial charge in [-0.15, -0.1) is 0 Å². The number of halogens is 1. The summed E-state index contributed by atoms with van der Waals surface area (Å²) in [7, 11) is 0. The lowest BCUT2D eigenvalue weighted by molar-refractivity contribution is 0.604. The molecule has 70 valence electrons. The molecule has 13 heavy (non-hydrogen) atoms.